The highest BCUT2D eigenvalue weighted by molar-refractivity contribution is 5.68. The van der Waals surface area contributed by atoms with Crippen molar-refractivity contribution in [3.8, 4) is 5.75 Å². The van der Waals surface area contributed by atoms with Gasteiger partial charge < -0.3 is 20.5 Å². The normalized spacial score (nSPS) is 21.1. The van der Waals surface area contributed by atoms with Gasteiger partial charge in [-0.05, 0) is 82.6 Å². The molecule has 0 spiro atoms. The molecule has 1 aromatic carbocycles. The fourth-order valence-electron chi connectivity index (χ4n) is 2.88. The summed E-state index contributed by atoms with van der Waals surface area (Å²) in [5, 5.41) is 2.82. The maximum atomic E-state index is 11.7. The zero-order valence-electron chi connectivity index (χ0n) is 15.0. The summed E-state index contributed by atoms with van der Waals surface area (Å²) in [7, 11) is 0. The van der Waals surface area contributed by atoms with Crippen molar-refractivity contribution in [3.63, 3.8) is 0 Å². The van der Waals surface area contributed by atoms with Crippen LogP contribution in [0.4, 0.5) is 10.5 Å². The molecule has 24 heavy (non-hydrogen) atoms. The Labute approximate surface area is 144 Å². The summed E-state index contributed by atoms with van der Waals surface area (Å²) < 4.78 is 11.2. The number of nitrogens with two attached hydrogens (primary N) is 1. The second-order valence-corrected chi connectivity index (χ2v) is 7.74. The number of anilines is 1. The minimum absolute atomic E-state index is 0.256. The lowest BCUT2D eigenvalue weighted by Gasteiger charge is -2.28. The minimum atomic E-state index is -0.323. The first kappa shape index (κ1) is 18.4. The van der Waals surface area contributed by atoms with E-state index in [1.165, 1.54) is 0 Å². The van der Waals surface area contributed by atoms with Crippen LogP contribution in [0.5, 0.6) is 5.75 Å². The van der Waals surface area contributed by atoms with Crippen LogP contribution in [-0.4, -0.2) is 24.8 Å². The number of nitrogens with one attached hydrogen (secondary N) is 1. The van der Waals surface area contributed by atoms with Crippen LogP contribution in [-0.2, 0) is 4.74 Å². The van der Waals surface area contributed by atoms with Crippen molar-refractivity contribution >= 4 is 11.8 Å². The second-order valence-electron chi connectivity index (χ2n) is 7.74. The lowest BCUT2D eigenvalue weighted by molar-refractivity contribution is 0.0961. The zero-order chi connectivity index (χ0) is 17.6. The Hall–Kier alpha value is -1.91. The van der Waals surface area contributed by atoms with Crippen molar-refractivity contribution < 1.29 is 14.3 Å². The van der Waals surface area contributed by atoms with Crippen molar-refractivity contribution in [1.82, 2.24) is 5.32 Å². The van der Waals surface area contributed by atoms with E-state index in [1.54, 1.807) is 0 Å². The SMILES string of the molecule is CC(C)(C)NC(=O)OCC1CCC(COc2ccc(N)cc2)CC1. The third-order valence-corrected chi connectivity index (χ3v) is 4.26. The number of hydrogen-bond donors (Lipinski definition) is 2. The molecule has 5 nitrogen and oxygen atoms in total. The van der Waals surface area contributed by atoms with E-state index in [-0.39, 0.29) is 11.6 Å². The fraction of sp³-hybridized carbons (Fsp3) is 0.632. The van der Waals surface area contributed by atoms with Crippen LogP contribution in [0.2, 0.25) is 0 Å². The summed E-state index contributed by atoms with van der Waals surface area (Å²) in [5.41, 5.74) is 6.16. The van der Waals surface area contributed by atoms with Gasteiger partial charge in [0.15, 0.2) is 0 Å². The van der Waals surface area contributed by atoms with Crippen LogP contribution < -0.4 is 15.8 Å². The number of hydrogen-bond acceptors (Lipinski definition) is 4. The third kappa shape index (κ3) is 6.69. The molecule has 2 rings (SSSR count). The topological polar surface area (TPSA) is 73.6 Å². The standard InChI is InChI=1S/C19H30N2O3/c1-19(2,3)21-18(22)24-13-15-6-4-14(5-7-15)12-23-17-10-8-16(20)9-11-17/h8-11,14-15H,4-7,12-13,20H2,1-3H3,(H,21,22). The van der Waals surface area contributed by atoms with Gasteiger partial charge in [0.25, 0.3) is 0 Å². The Morgan fingerprint density at radius 3 is 2.17 bits per heavy atom. The number of nitrogen functional groups attached to an aromatic ring is 1. The molecule has 134 valence electrons. The van der Waals surface area contributed by atoms with E-state index in [4.69, 9.17) is 15.2 Å². The molecule has 0 heterocycles. The van der Waals surface area contributed by atoms with Gasteiger partial charge in [-0.15, -0.1) is 0 Å². The molecular formula is C19H30N2O3. The van der Waals surface area contributed by atoms with Crippen molar-refractivity contribution in [2.24, 2.45) is 11.8 Å². The van der Waals surface area contributed by atoms with Gasteiger partial charge in [-0.3, -0.25) is 0 Å². The van der Waals surface area contributed by atoms with Crippen molar-refractivity contribution in [1.29, 1.82) is 0 Å². The molecule has 1 amide bonds. The predicted octanol–water partition coefficient (Wildman–Crippen LogP) is 3.98. The molecule has 1 saturated carbocycles. The highest BCUT2D eigenvalue weighted by atomic mass is 16.5. The second kappa shape index (κ2) is 8.27. The van der Waals surface area contributed by atoms with E-state index in [1.807, 2.05) is 45.0 Å². The van der Waals surface area contributed by atoms with Crippen molar-refractivity contribution in [2.45, 2.75) is 52.0 Å². The monoisotopic (exact) mass is 334 g/mol. The minimum Gasteiger partial charge on any atom is -0.493 e. The van der Waals surface area contributed by atoms with Crippen LogP contribution in [0.25, 0.3) is 0 Å². The molecule has 0 unspecified atom stereocenters. The Morgan fingerprint density at radius 1 is 1.08 bits per heavy atom. The Balaban J connectivity index is 1.62. The molecular weight excluding hydrogens is 304 g/mol. The Kier molecular flexibility index (Phi) is 6.35. The number of ether oxygens (including phenoxy) is 2. The highest BCUT2D eigenvalue weighted by Crippen LogP contribution is 2.29. The largest absolute Gasteiger partial charge is 0.493 e. The van der Waals surface area contributed by atoms with Crippen LogP contribution in [0.3, 0.4) is 0 Å². The average Bonchev–Trinajstić information content (AvgIpc) is 2.52. The number of benzene rings is 1. The van der Waals surface area contributed by atoms with E-state index in [0.29, 0.717) is 18.4 Å². The summed E-state index contributed by atoms with van der Waals surface area (Å²) in [5.74, 6) is 1.90. The highest BCUT2D eigenvalue weighted by Gasteiger charge is 2.23. The fourth-order valence-corrected chi connectivity index (χ4v) is 2.88. The molecule has 1 aliphatic carbocycles. The van der Waals surface area contributed by atoms with Gasteiger partial charge in [-0.2, -0.15) is 0 Å². The van der Waals surface area contributed by atoms with Gasteiger partial charge in [-0.25, -0.2) is 4.79 Å². The van der Waals surface area contributed by atoms with E-state index >= 15 is 0 Å². The maximum Gasteiger partial charge on any atom is 0.407 e. The molecule has 0 aromatic heterocycles. The van der Waals surface area contributed by atoms with Crippen LogP contribution in [0, 0.1) is 11.8 Å². The number of rotatable bonds is 5. The number of carbonyl (C=O) groups excluding carboxylic acids is 1. The molecule has 0 aliphatic heterocycles. The molecule has 0 radical (unpaired) electrons. The van der Waals surface area contributed by atoms with E-state index in [0.717, 1.165) is 43.7 Å². The van der Waals surface area contributed by atoms with Gasteiger partial charge in [0.1, 0.15) is 5.75 Å². The number of amides is 1. The van der Waals surface area contributed by atoms with E-state index in [9.17, 15) is 4.79 Å². The lowest BCUT2D eigenvalue weighted by Crippen LogP contribution is -2.41. The first-order valence-electron chi connectivity index (χ1n) is 8.75. The molecule has 3 N–H and O–H groups in total. The predicted molar refractivity (Wildman–Crippen MR) is 96.0 cm³/mol. The Bertz CT molecular complexity index is 514. The summed E-state index contributed by atoms with van der Waals surface area (Å²) in [6.07, 6.45) is 4.07. The van der Waals surface area contributed by atoms with Gasteiger partial charge in [0.05, 0.1) is 13.2 Å². The van der Waals surface area contributed by atoms with Gasteiger partial charge in [0, 0.05) is 11.2 Å². The van der Waals surface area contributed by atoms with E-state index in [2.05, 4.69) is 5.32 Å². The molecule has 5 heteroatoms. The molecule has 0 bridgehead atoms. The van der Waals surface area contributed by atoms with Gasteiger partial charge in [-0.1, -0.05) is 0 Å². The van der Waals surface area contributed by atoms with Crippen LogP contribution >= 0.6 is 0 Å². The smallest absolute Gasteiger partial charge is 0.407 e. The summed E-state index contributed by atoms with van der Waals surface area (Å²) >= 11 is 0. The number of alkyl carbamates (subject to hydrolysis) is 1. The Morgan fingerprint density at radius 2 is 1.62 bits per heavy atom. The zero-order valence-corrected chi connectivity index (χ0v) is 15.0. The first-order chi connectivity index (χ1) is 11.3. The molecule has 1 fully saturated rings. The molecule has 0 atom stereocenters. The van der Waals surface area contributed by atoms with Gasteiger partial charge in [0.2, 0.25) is 0 Å². The summed E-state index contributed by atoms with van der Waals surface area (Å²) in [6.45, 7) is 7.08. The maximum absolute atomic E-state index is 11.7. The van der Waals surface area contributed by atoms with Crippen LogP contribution in [0.1, 0.15) is 46.5 Å². The van der Waals surface area contributed by atoms with E-state index < -0.39 is 0 Å². The van der Waals surface area contributed by atoms with Crippen LogP contribution in [0.15, 0.2) is 24.3 Å². The average molecular weight is 334 g/mol. The third-order valence-electron chi connectivity index (χ3n) is 4.26. The quantitative estimate of drug-likeness (QED) is 0.799. The molecule has 0 saturated heterocycles. The summed E-state index contributed by atoms with van der Waals surface area (Å²) in [6, 6.07) is 7.52. The summed E-state index contributed by atoms with van der Waals surface area (Å²) in [4.78, 5) is 11.7. The lowest BCUT2D eigenvalue weighted by atomic mass is 9.83. The van der Waals surface area contributed by atoms with Crippen molar-refractivity contribution in [2.75, 3.05) is 18.9 Å². The number of carbonyl (C=O) groups is 1. The molecule has 1 aromatic rings. The van der Waals surface area contributed by atoms with Crippen molar-refractivity contribution in [3.05, 3.63) is 24.3 Å². The van der Waals surface area contributed by atoms with Gasteiger partial charge >= 0.3 is 6.09 Å². The first-order valence-corrected chi connectivity index (χ1v) is 8.75. The molecule has 1 aliphatic rings.